The number of rotatable bonds is 4. The van der Waals surface area contributed by atoms with Crippen LogP contribution in [0.2, 0.25) is 0 Å². The lowest BCUT2D eigenvalue weighted by atomic mass is 9.96. The van der Waals surface area contributed by atoms with Crippen LogP contribution >= 0.6 is 0 Å². The Labute approximate surface area is 160 Å². The minimum Gasteiger partial charge on any atom is -0.355 e. The normalized spacial score (nSPS) is 17.5. The number of amides is 1. The Morgan fingerprint density at radius 3 is 2.64 bits per heavy atom. The summed E-state index contributed by atoms with van der Waals surface area (Å²) < 4.78 is 52.9. The largest absolute Gasteiger partial charge is 0.419 e. The summed E-state index contributed by atoms with van der Waals surface area (Å²) in [6.07, 6.45) is -1.96. The molecule has 1 aliphatic rings. The highest BCUT2D eigenvalue weighted by Crippen LogP contribution is 2.36. The molecule has 0 bridgehead atoms. The van der Waals surface area contributed by atoms with Crippen molar-refractivity contribution >= 4 is 11.7 Å². The lowest BCUT2D eigenvalue weighted by Crippen LogP contribution is -2.44. The lowest BCUT2D eigenvalue weighted by Gasteiger charge is -2.35. The van der Waals surface area contributed by atoms with E-state index in [1.165, 1.54) is 29.3 Å². The number of benzene rings is 1. The van der Waals surface area contributed by atoms with Crippen LogP contribution < -0.4 is 4.90 Å². The number of alkyl halides is 3. The fourth-order valence-corrected chi connectivity index (χ4v) is 3.49. The minimum atomic E-state index is -4.50. The number of anilines is 1. The third kappa shape index (κ3) is 4.61. The topological polar surface area (TPSA) is 36.4 Å². The van der Waals surface area contributed by atoms with E-state index in [0.717, 1.165) is 11.6 Å². The molecule has 1 saturated heterocycles. The molecule has 0 saturated carbocycles. The molecular weight excluding hydrogens is 374 g/mol. The van der Waals surface area contributed by atoms with Gasteiger partial charge in [-0.15, -0.1) is 0 Å². The Hall–Kier alpha value is -2.64. The number of hydrogen-bond acceptors (Lipinski definition) is 3. The highest BCUT2D eigenvalue weighted by atomic mass is 19.4. The molecule has 3 rings (SSSR count). The summed E-state index contributed by atoms with van der Waals surface area (Å²) in [5, 5.41) is 0. The zero-order chi connectivity index (χ0) is 20.3. The maximum absolute atomic E-state index is 13.3. The maximum Gasteiger partial charge on any atom is 0.419 e. The number of pyridine rings is 1. The van der Waals surface area contributed by atoms with Gasteiger partial charge < -0.3 is 9.80 Å². The second-order valence-electron chi connectivity index (χ2n) is 6.98. The molecule has 150 valence electrons. The summed E-state index contributed by atoms with van der Waals surface area (Å²) in [7, 11) is 1.65. The molecule has 8 heteroatoms. The average Bonchev–Trinajstić information content (AvgIpc) is 2.68. The van der Waals surface area contributed by atoms with E-state index in [4.69, 9.17) is 0 Å². The van der Waals surface area contributed by atoms with Crippen molar-refractivity contribution in [2.45, 2.75) is 25.6 Å². The SMILES string of the molecule is CN(Cc1ccc(F)cc1)C(=O)C1CCCN(c2ncccc2C(F)(F)F)C1. The van der Waals surface area contributed by atoms with Crippen molar-refractivity contribution in [1.82, 2.24) is 9.88 Å². The number of carbonyl (C=O) groups excluding carboxylic acids is 1. The first kappa shape index (κ1) is 20.1. The smallest absolute Gasteiger partial charge is 0.355 e. The second-order valence-corrected chi connectivity index (χ2v) is 6.98. The molecule has 1 unspecified atom stereocenters. The highest BCUT2D eigenvalue weighted by molar-refractivity contribution is 5.79. The molecule has 1 fully saturated rings. The number of piperidine rings is 1. The fraction of sp³-hybridized carbons (Fsp3) is 0.400. The van der Waals surface area contributed by atoms with Crippen LogP contribution in [0.1, 0.15) is 24.0 Å². The molecule has 28 heavy (non-hydrogen) atoms. The number of hydrogen-bond donors (Lipinski definition) is 0. The molecule has 1 aromatic heterocycles. The molecule has 1 atom stereocenters. The standard InChI is InChI=1S/C20H21F4N3O/c1-26(12-14-6-8-16(21)9-7-14)19(28)15-4-3-11-27(13-15)18-17(20(22,23)24)5-2-10-25-18/h2,5-10,15H,3-4,11-13H2,1H3. The van der Waals surface area contributed by atoms with Gasteiger partial charge in [0.25, 0.3) is 0 Å². The number of halogens is 4. The molecule has 1 aliphatic heterocycles. The van der Waals surface area contributed by atoms with Gasteiger partial charge in [-0.05, 0) is 42.7 Å². The van der Waals surface area contributed by atoms with E-state index >= 15 is 0 Å². The first-order valence-corrected chi connectivity index (χ1v) is 9.02. The third-order valence-electron chi connectivity index (χ3n) is 4.87. The van der Waals surface area contributed by atoms with Gasteiger partial charge >= 0.3 is 6.18 Å². The summed E-state index contributed by atoms with van der Waals surface area (Å²) in [6, 6.07) is 8.14. The molecule has 0 radical (unpaired) electrons. The first-order chi connectivity index (χ1) is 13.3. The van der Waals surface area contributed by atoms with Crippen LogP contribution in [0.15, 0.2) is 42.6 Å². The maximum atomic E-state index is 13.3. The van der Waals surface area contributed by atoms with Gasteiger partial charge in [0.05, 0.1) is 11.5 Å². The number of carbonyl (C=O) groups is 1. The van der Waals surface area contributed by atoms with Crippen LogP contribution in [0.5, 0.6) is 0 Å². The molecular formula is C20H21F4N3O. The predicted molar refractivity (Wildman–Crippen MR) is 97.1 cm³/mol. The predicted octanol–water partition coefficient (Wildman–Crippen LogP) is 4.11. The van der Waals surface area contributed by atoms with Gasteiger partial charge in [0, 0.05) is 32.9 Å². The van der Waals surface area contributed by atoms with Crippen molar-refractivity contribution in [2.75, 3.05) is 25.0 Å². The van der Waals surface area contributed by atoms with E-state index in [1.807, 2.05) is 0 Å². The van der Waals surface area contributed by atoms with Gasteiger partial charge in [0.15, 0.2) is 0 Å². The number of nitrogens with zero attached hydrogens (tertiary/aromatic N) is 3. The summed E-state index contributed by atoms with van der Waals surface area (Å²) in [5.41, 5.74) is -0.00300. The zero-order valence-electron chi connectivity index (χ0n) is 15.4. The van der Waals surface area contributed by atoms with E-state index in [9.17, 15) is 22.4 Å². The third-order valence-corrected chi connectivity index (χ3v) is 4.87. The van der Waals surface area contributed by atoms with E-state index in [-0.39, 0.29) is 24.1 Å². The molecule has 1 aromatic carbocycles. The molecule has 0 aliphatic carbocycles. The molecule has 1 amide bonds. The van der Waals surface area contributed by atoms with Crippen molar-refractivity contribution in [3.05, 3.63) is 59.5 Å². The average molecular weight is 395 g/mol. The van der Waals surface area contributed by atoms with E-state index in [1.54, 1.807) is 24.1 Å². The molecule has 0 spiro atoms. The Kier molecular flexibility index (Phi) is 5.86. The lowest BCUT2D eigenvalue weighted by molar-refractivity contribution is -0.137. The summed E-state index contributed by atoms with van der Waals surface area (Å²) >= 11 is 0. The van der Waals surface area contributed by atoms with Crippen LogP contribution in [0, 0.1) is 11.7 Å². The van der Waals surface area contributed by atoms with Crippen LogP contribution in [0.3, 0.4) is 0 Å². The Balaban J connectivity index is 1.71. The van der Waals surface area contributed by atoms with E-state index in [2.05, 4.69) is 4.98 Å². The van der Waals surface area contributed by atoms with E-state index in [0.29, 0.717) is 25.9 Å². The molecule has 4 nitrogen and oxygen atoms in total. The van der Waals surface area contributed by atoms with Crippen molar-refractivity contribution in [3.63, 3.8) is 0 Å². The van der Waals surface area contributed by atoms with Crippen molar-refractivity contribution in [1.29, 1.82) is 0 Å². The molecule has 2 aromatic rings. The fourth-order valence-electron chi connectivity index (χ4n) is 3.49. The van der Waals surface area contributed by atoms with Gasteiger partial charge in [-0.2, -0.15) is 13.2 Å². The number of aromatic nitrogens is 1. The Morgan fingerprint density at radius 1 is 1.25 bits per heavy atom. The highest BCUT2D eigenvalue weighted by Gasteiger charge is 2.37. The zero-order valence-corrected chi connectivity index (χ0v) is 15.4. The summed E-state index contributed by atoms with van der Waals surface area (Å²) in [4.78, 5) is 19.8. The summed E-state index contributed by atoms with van der Waals surface area (Å²) in [6.45, 7) is 0.922. The van der Waals surface area contributed by atoms with Crippen LogP contribution in [-0.2, 0) is 17.5 Å². The van der Waals surface area contributed by atoms with Crippen LogP contribution in [0.4, 0.5) is 23.4 Å². The van der Waals surface area contributed by atoms with Crippen molar-refractivity contribution in [2.24, 2.45) is 5.92 Å². The van der Waals surface area contributed by atoms with Crippen LogP contribution in [-0.4, -0.2) is 35.9 Å². The first-order valence-electron chi connectivity index (χ1n) is 9.02. The summed E-state index contributed by atoms with van der Waals surface area (Å²) in [5.74, 6) is -1.04. The van der Waals surface area contributed by atoms with Crippen molar-refractivity contribution < 1.29 is 22.4 Å². The van der Waals surface area contributed by atoms with Gasteiger partial charge in [-0.3, -0.25) is 4.79 Å². The molecule has 2 heterocycles. The monoisotopic (exact) mass is 395 g/mol. The van der Waals surface area contributed by atoms with Crippen molar-refractivity contribution in [3.8, 4) is 0 Å². The Bertz CT molecular complexity index is 823. The second kappa shape index (κ2) is 8.16. The van der Waals surface area contributed by atoms with Gasteiger partial charge in [0.1, 0.15) is 11.6 Å². The van der Waals surface area contributed by atoms with Gasteiger partial charge in [-0.1, -0.05) is 12.1 Å². The van der Waals surface area contributed by atoms with Crippen LogP contribution in [0.25, 0.3) is 0 Å². The molecule has 0 N–H and O–H groups in total. The Morgan fingerprint density at radius 2 is 1.96 bits per heavy atom. The minimum absolute atomic E-state index is 0.131. The van der Waals surface area contributed by atoms with E-state index < -0.39 is 17.7 Å². The quantitative estimate of drug-likeness (QED) is 0.731. The van der Waals surface area contributed by atoms with Gasteiger partial charge in [0.2, 0.25) is 5.91 Å². The van der Waals surface area contributed by atoms with Gasteiger partial charge in [-0.25, -0.2) is 9.37 Å².